The number of aromatic nitrogens is 7. The van der Waals surface area contributed by atoms with Crippen molar-refractivity contribution in [3.63, 3.8) is 0 Å². The van der Waals surface area contributed by atoms with Crippen LogP contribution in [0.3, 0.4) is 0 Å². The third-order valence-electron chi connectivity index (χ3n) is 10.8. The first-order valence-corrected chi connectivity index (χ1v) is 21.2. The van der Waals surface area contributed by atoms with Crippen molar-refractivity contribution in [1.29, 1.82) is 0 Å². The number of rotatable bonds is 11. The topological polar surface area (TPSA) is 142 Å². The maximum Gasteiger partial charge on any atom is 0.296 e. The van der Waals surface area contributed by atoms with Crippen LogP contribution >= 0.6 is 11.6 Å². The normalized spacial score (nSPS) is 17.0. The summed E-state index contributed by atoms with van der Waals surface area (Å²) in [5, 5.41) is 11.3. The molecule has 0 fully saturated rings. The van der Waals surface area contributed by atoms with Crippen LogP contribution in [0, 0.1) is 29.4 Å². The minimum atomic E-state index is -3.84. The number of aryl methyl sites for hydroxylation is 2. The number of pyridine rings is 1. The largest absolute Gasteiger partial charge is 0.346 e. The lowest BCUT2D eigenvalue weighted by atomic mass is 9.81. The van der Waals surface area contributed by atoms with Gasteiger partial charge in [-0.15, -0.1) is 0 Å². The van der Waals surface area contributed by atoms with E-state index in [0.29, 0.717) is 33.2 Å². The minimum absolute atomic E-state index is 0.0588. The Kier molecular flexibility index (Phi) is 10.5. The smallest absolute Gasteiger partial charge is 0.296 e. The number of nitrogens with zero attached hydrogens (tertiary/aromatic N) is 7. The molecule has 20 heteroatoms. The molecule has 4 aromatic heterocycles. The summed E-state index contributed by atoms with van der Waals surface area (Å²) < 4.78 is 120. The molecule has 0 saturated heterocycles. The predicted octanol–water partition coefficient (Wildman–Crippen LogP) is 7.61. The SMILES string of the molecule is Cn1ccnc1C(C)(C)C#Cc1ccc(-c2ccc(Cl)c3c(NS(C)(=O)=O)nn(C)c23)c(C(Cc2cc(F)cc(F)c2)NC(=O)Cn2nc(C(F)F)c3c2C(F)(F)[C@@H]2C=C[C@H]32)n1. The van der Waals surface area contributed by atoms with Gasteiger partial charge in [-0.2, -0.15) is 19.0 Å². The van der Waals surface area contributed by atoms with Crippen molar-refractivity contribution >= 4 is 44.3 Å². The number of hydrogen-bond donors (Lipinski definition) is 2. The van der Waals surface area contributed by atoms with Gasteiger partial charge in [-0.3, -0.25) is 18.9 Å². The second kappa shape index (κ2) is 15.3. The monoisotopic (exact) mass is 895 g/mol. The average Bonchev–Trinajstić information content (AvgIpc) is 3.87. The number of hydrogen-bond acceptors (Lipinski definition) is 7. The molecule has 2 aliphatic rings. The van der Waals surface area contributed by atoms with Gasteiger partial charge in [0.25, 0.3) is 12.3 Å². The van der Waals surface area contributed by atoms with Crippen LogP contribution in [0.2, 0.25) is 5.02 Å². The van der Waals surface area contributed by atoms with Crippen LogP contribution in [0.15, 0.2) is 67.0 Å². The van der Waals surface area contributed by atoms with E-state index < -0.39 is 81.1 Å². The van der Waals surface area contributed by atoms with E-state index in [2.05, 4.69) is 37.1 Å². The molecule has 1 amide bonds. The number of allylic oxidation sites excluding steroid dienone is 2. The number of fused-ring (bicyclic) bond motifs is 4. The number of anilines is 1. The van der Waals surface area contributed by atoms with E-state index in [1.165, 1.54) is 22.9 Å². The van der Waals surface area contributed by atoms with Crippen LogP contribution in [0.4, 0.5) is 32.2 Å². The van der Waals surface area contributed by atoms with E-state index in [9.17, 15) is 30.8 Å². The van der Waals surface area contributed by atoms with Crippen LogP contribution in [-0.4, -0.2) is 54.7 Å². The lowest BCUT2D eigenvalue weighted by Crippen LogP contribution is -2.35. The maximum absolute atomic E-state index is 15.7. The third kappa shape index (κ3) is 7.70. The number of carbonyl (C=O) groups is 1. The molecular formula is C42H36ClF6N9O3S. The molecule has 2 N–H and O–H groups in total. The Bertz CT molecular complexity index is 3000. The van der Waals surface area contributed by atoms with Crippen LogP contribution in [0.5, 0.6) is 0 Å². The Hall–Kier alpha value is -6.13. The van der Waals surface area contributed by atoms with Gasteiger partial charge in [0.2, 0.25) is 15.9 Å². The first-order valence-electron chi connectivity index (χ1n) is 19.0. The molecule has 2 aliphatic carbocycles. The van der Waals surface area contributed by atoms with Crippen LogP contribution < -0.4 is 10.0 Å². The lowest BCUT2D eigenvalue weighted by molar-refractivity contribution is -0.123. The Morgan fingerprint density at radius 1 is 1.02 bits per heavy atom. The highest BCUT2D eigenvalue weighted by Crippen LogP contribution is 2.60. The Morgan fingerprint density at radius 3 is 2.35 bits per heavy atom. The fourth-order valence-corrected chi connectivity index (χ4v) is 8.98. The van der Waals surface area contributed by atoms with Gasteiger partial charge in [0.15, 0.2) is 5.82 Å². The second-order valence-electron chi connectivity index (χ2n) is 15.8. The van der Waals surface area contributed by atoms with Gasteiger partial charge in [0.1, 0.15) is 41.1 Å². The molecule has 6 aromatic rings. The highest BCUT2D eigenvalue weighted by Gasteiger charge is 2.60. The summed E-state index contributed by atoms with van der Waals surface area (Å²) >= 11 is 6.65. The molecule has 8 rings (SSSR count). The second-order valence-corrected chi connectivity index (χ2v) is 18.0. The van der Waals surface area contributed by atoms with Gasteiger partial charge in [-0.1, -0.05) is 35.7 Å². The molecule has 322 valence electrons. The number of alkyl halides is 4. The lowest BCUT2D eigenvalue weighted by Gasteiger charge is -2.27. The van der Waals surface area contributed by atoms with Crippen molar-refractivity contribution in [3.05, 3.63) is 123 Å². The highest BCUT2D eigenvalue weighted by molar-refractivity contribution is 7.92. The van der Waals surface area contributed by atoms with Crippen LogP contribution in [0.25, 0.3) is 22.0 Å². The molecule has 0 bridgehead atoms. The van der Waals surface area contributed by atoms with Gasteiger partial charge in [-0.05, 0) is 62.1 Å². The van der Waals surface area contributed by atoms with E-state index >= 15 is 8.78 Å². The molecule has 4 heterocycles. The molecule has 62 heavy (non-hydrogen) atoms. The molecular weight excluding hydrogens is 860 g/mol. The van der Waals surface area contributed by atoms with Gasteiger partial charge >= 0.3 is 0 Å². The summed E-state index contributed by atoms with van der Waals surface area (Å²) in [6, 6.07) is 7.77. The van der Waals surface area contributed by atoms with Crippen molar-refractivity contribution < 1.29 is 39.6 Å². The number of carbonyl (C=O) groups excluding carboxylic acids is 1. The fourth-order valence-electron chi connectivity index (χ4n) is 8.24. The number of nitrogens with one attached hydrogen (secondary N) is 2. The Balaban J connectivity index is 1.29. The summed E-state index contributed by atoms with van der Waals surface area (Å²) in [5.41, 5.74) is -1.48. The van der Waals surface area contributed by atoms with E-state index in [4.69, 9.17) is 16.6 Å². The summed E-state index contributed by atoms with van der Waals surface area (Å²) in [6.07, 6.45) is 3.43. The number of sulfonamides is 1. The molecule has 12 nitrogen and oxygen atoms in total. The van der Waals surface area contributed by atoms with E-state index in [1.807, 2.05) is 25.5 Å². The quantitative estimate of drug-likeness (QED) is 0.0775. The molecule has 0 aliphatic heterocycles. The first-order chi connectivity index (χ1) is 29.1. The Labute approximate surface area is 356 Å². The van der Waals surface area contributed by atoms with E-state index in [-0.39, 0.29) is 45.2 Å². The maximum atomic E-state index is 15.7. The standard InChI is InChI=1S/C42H36ClF6N9O3S/c1-41(2,40-50-14-15-56(40)3)13-12-24-6-7-25(26-9-11-29(43)33-36(26)57(4)54-39(33)55-62(5,60)61)34(51-24)30(18-21-16-22(44)19-23(45)17-21)52-31(59)20-58-37-32(35(53-58)38(46)47)27-8-10-28(27)42(37,48)49/h6-11,14-17,19,27-28,30,38H,18,20H2,1-5H3,(H,52,59)(H,54,55)/t27-,28+,30?/m0/s1. The van der Waals surface area contributed by atoms with Gasteiger partial charge < -0.3 is 9.88 Å². The summed E-state index contributed by atoms with van der Waals surface area (Å²) in [6.45, 7) is 2.77. The van der Waals surface area contributed by atoms with Crippen molar-refractivity contribution in [2.24, 2.45) is 20.0 Å². The van der Waals surface area contributed by atoms with Crippen molar-refractivity contribution in [2.75, 3.05) is 11.0 Å². The Morgan fingerprint density at radius 2 is 1.73 bits per heavy atom. The van der Waals surface area contributed by atoms with E-state index in [1.54, 1.807) is 37.6 Å². The minimum Gasteiger partial charge on any atom is -0.346 e. The average molecular weight is 896 g/mol. The first kappa shape index (κ1) is 42.6. The number of imidazole rings is 1. The van der Waals surface area contributed by atoms with Crippen molar-refractivity contribution in [1.82, 2.24) is 39.4 Å². The van der Waals surface area contributed by atoms with Gasteiger partial charge in [0, 0.05) is 55.2 Å². The molecule has 0 spiro atoms. The summed E-state index contributed by atoms with van der Waals surface area (Å²) in [7, 11) is -0.477. The predicted molar refractivity (Wildman–Crippen MR) is 218 cm³/mol. The number of halogens is 7. The number of benzene rings is 2. The molecule has 3 atom stereocenters. The summed E-state index contributed by atoms with van der Waals surface area (Å²) in [4.78, 5) is 23.5. The van der Waals surface area contributed by atoms with Crippen molar-refractivity contribution in [3.8, 4) is 23.0 Å². The van der Waals surface area contributed by atoms with Crippen molar-refractivity contribution in [2.45, 2.75) is 56.5 Å². The zero-order valence-electron chi connectivity index (χ0n) is 33.5. The van der Waals surface area contributed by atoms with Crippen LogP contribution in [0.1, 0.15) is 72.0 Å². The van der Waals surface area contributed by atoms with Crippen LogP contribution in [-0.2, 0) is 53.2 Å². The summed E-state index contributed by atoms with van der Waals surface area (Å²) in [5.74, 6) is -1.98. The molecule has 1 unspecified atom stereocenters. The fraction of sp³-hybridized carbons (Fsp3) is 0.310. The molecule has 0 radical (unpaired) electrons. The van der Waals surface area contributed by atoms with Gasteiger partial charge in [-0.25, -0.2) is 35.9 Å². The molecule has 0 saturated carbocycles. The van der Waals surface area contributed by atoms with E-state index in [0.717, 1.165) is 18.4 Å². The third-order valence-corrected chi connectivity index (χ3v) is 11.7. The molecule has 2 aromatic carbocycles. The highest BCUT2D eigenvalue weighted by atomic mass is 35.5. The van der Waals surface area contributed by atoms with Gasteiger partial charge in [0.05, 0.1) is 45.2 Å². The zero-order valence-corrected chi connectivity index (χ0v) is 35.1. The number of amides is 1. The zero-order chi connectivity index (χ0) is 44.6.